The van der Waals surface area contributed by atoms with Gasteiger partial charge in [0, 0.05) is 12.4 Å². The monoisotopic (exact) mass is 248 g/mol. The third-order valence-corrected chi connectivity index (χ3v) is 2.15. The molecule has 0 aliphatic carbocycles. The van der Waals surface area contributed by atoms with Gasteiger partial charge in [0.15, 0.2) is 17.4 Å². The quantitative estimate of drug-likeness (QED) is 0.894. The predicted octanol–water partition coefficient (Wildman–Crippen LogP) is 1.89. The molecule has 18 heavy (non-hydrogen) atoms. The highest BCUT2D eigenvalue weighted by Gasteiger charge is 2.09. The van der Waals surface area contributed by atoms with Gasteiger partial charge in [-0.15, -0.1) is 0 Å². The molecule has 0 aliphatic heterocycles. The van der Waals surface area contributed by atoms with Gasteiger partial charge in [-0.3, -0.25) is 0 Å². The molecule has 2 rings (SSSR count). The topological polar surface area (TPSA) is 72.3 Å². The highest BCUT2D eigenvalue weighted by atomic mass is 19.1. The fourth-order valence-corrected chi connectivity index (χ4v) is 1.30. The number of benzene rings is 1. The standard InChI is InChI=1S/C12H9FN2O3/c13-9-6-8(12(16)17)2-3-10(9)18-7-11-14-4-1-5-15-11/h1-6H,7H2,(H,16,17). The van der Waals surface area contributed by atoms with Crippen molar-refractivity contribution in [3.05, 3.63) is 53.9 Å². The van der Waals surface area contributed by atoms with Gasteiger partial charge in [0.25, 0.3) is 0 Å². The van der Waals surface area contributed by atoms with Crippen LogP contribution in [0.5, 0.6) is 5.75 Å². The Kier molecular flexibility index (Phi) is 3.47. The summed E-state index contributed by atoms with van der Waals surface area (Å²) in [4.78, 5) is 18.4. The van der Waals surface area contributed by atoms with Gasteiger partial charge in [0.05, 0.1) is 5.56 Å². The van der Waals surface area contributed by atoms with Crippen LogP contribution >= 0.6 is 0 Å². The van der Waals surface area contributed by atoms with Crippen molar-refractivity contribution < 1.29 is 19.0 Å². The average molecular weight is 248 g/mol. The van der Waals surface area contributed by atoms with Crippen LogP contribution in [-0.4, -0.2) is 21.0 Å². The van der Waals surface area contributed by atoms with Crippen LogP contribution in [0, 0.1) is 5.82 Å². The minimum absolute atomic E-state index is 0.0180. The van der Waals surface area contributed by atoms with Crippen molar-refractivity contribution in [2.75, 3.05) is 0 Å². The molecule has 0 spiro atoms. The van der Waals surface area contributed by atoms with Crippen molar-refractivity contribution in [1.29, 1.82) is 0 Å². The Bertz CT molecular complexity index is 561. The van der Waals surface area contributed by atoms with Gasteiger partial charge < -0.3 is 9.84 Å². The Balaban J connectivity index is 2.08. The summed E-state index contributed by atoms with van der Waals surface area (Å²) in [5, 5.41) is 8.68. The van der Waals surface area contributed by atoms with Crippen LogP contribution < -0.4 is 4.74 Å². The van der Waals surface area contributed by atoms with Crippen molar-refractivity contribution >= 4 is 5.97 Å². The molecular weight excluding hydrogens is 239 g/mol. The molecule has 5 nitrogen and oxygen atoms in total. The molecule has 92 valence electrons. The average Bonchev–Trinajstić information content (AvgIpc) is 2.38. The minimum atomic E-state index is -1.19. The number of nitrogens with zero attached hydrogens (tertiary/aromatic N) is 2. The first-order valence-electron chi connectivity index (χ1n) is 5.08. The third-order valence-electron chi connectivity index (χ3n) is 2.15. The van der Waals surface area contributed by atoms with Gasteiger partial charge in [-0.2, -0.15) is 0 Å². The molecule has 0 aliphatic rings. The summed E-state index contributed by atoms with van der Waals surface area (Å²) in [6.07, 6.45) is 3.10. The second-order valence-electron chi connectivity index (χ2n) is 3.40. The first-order chi connectivity index (χ1) is 8.66. The molecule has 1 aromatic carbocycles. The zero-order valence-corrected chi connectivity index (χ0v) is 9.21. The molecule has 0 atom stereocenters. The number of carbonyl (C=O) groups is 1. The largest absolute Gasteiger partial charge is 0.483 e. The van der Waals surface area contributed by atoms with E-state index in [1.54, 1.807) is 18.5 Å². The molecule has 1 aromatic heterocycles. The molecule has 0 saturated carbocycles. The molecule has 0 amide bonds. The van der Waals surface area contributed by atoms with E-state index in [0.717, 1.165) is 6.07 Å². The maximum Gasteiger partial charge on any atom is 0.335 e. The lowest BCUT2D eigenvalue weighted by atomic mass is 10.2. The van der Waals surface area contributed by atoms with Crippen LogP contribution in [-0.2, 0) is 6.61 Å². The van der Waals surface area contributed by atoms with E-state index in [0.29, 0.717) is 5.82 Å². The van der Waals surface area contributed by atoms with Gasteiger partial charge in [0.1, 0.15) is 6.61 Å². The molecular formula is C12H9FN2O3. The fourth-order valence-electron chi connectivity index (χ4n) is 1.30. The summed E-state index contributed by atoms with van der Waals surface area (Å²) in [5.41, 5.74) is -0.129. The zero-order chi connectivity index (χ0) is 13.0. The number of halogens is 1. The molecule has 1 heterocycles. The Morgan fingerprint density at radius 1 is 1.33 bits per heavy atom. The summed E-state index contributed by atoms with van der Waals surface area (Å²) >= 11 is 0. The lowest BCUT2D eigenvalue weighted by Crippen LogP contribution is -2.03. The van der Waals surface area contributed by atoms with E-state index in [2.05, 4.69) is 9.97 Å². The van der Waals surface area contributed by atoms with E-state index in [4.69, 9.17) is 9.84 Å². The summed E-state index contributed by atoms with van der Waals surface area (Å²) in [6.45, 7) is 0.0180. The molecule has 1 N–H and O–H groups in total. The summed E-state index contributed by atoms with van der Waals surface area (Å²) in [6, 6.07) is 5.10. The Morgan fingerprint density at radius 3 is 2.67 bits per heavy atom. The van der Waals surface area contributed by atoms with Crippen LogP contribution in [0.4, 0.5) is 4.39 Å². The Labute approximate surface area is 102 Å². The molecule has 6 heteroatoms. The van der Waals surface area contributed by atoms with E-state index in [1.165, 1.54) is 12.1 Å². The first kappa shape index (κ1) is 12.0. The van der Waals surface area contributed by atoms with Crippen molar-refractivity contribution in [1.82, 2.24) is 9.97 Å². The maximum absolute atomic E-state index is 13.5. The van der Waals surface area contributed by atoms with Crippen molar-refractivity contribution in [3.63, 3.8) is 0 Å². The Morgan fingerprint density at radius 2 is 2.06 bits per heavy atom. The minimum Gasteiger partial charge on any atom is -0.483 e. The van der Waals surface area contributed by atoms with E-state index in [1.807, 2.05) is 0 Å². The SMILES string of the molecule is O=C(O)c1ccc(OCc2ncccn2)c(F)c1. The van der Waals surface area contributed by atoms with Crippen LogP contribution in [0.2, 0.25) is 0 Å². The number of hydrogen-bond acceptors (Lipinski definition) is 4. The molecule has 0 unspecified atom stereocenters. The molecule has 0 bridgehead atoms. The van der Waals surface area contributed by atoms with Crippen LogP contribution in [0.25, 0.3) is 0 Å². The number of rotatable bonds is 4. The lowest BCUT2D eigenvalue weighted by molar-refractivity contribution is 0.0696. The number of carboxylic acid groups (broad SMARTS) is 1. The van der Waals surface area contributed by atoms with Gasteiger partial charge >= 0.3 is 5.97 Å². The molecule has 0 saturated heterocycles. The van der Waals surface area contributed by atoms with Gasteiger partial charge in [-0.1, -0.05) is 0 Å². The second-order valence-corrected chi connectivity index (χ2v) is 3.40. The summed E-state index contributed by atoms with van der Waals surface area (Å²) < 4.78 is 18.6. The van der Waals surface area contributed by atoms with E-state index in [-0.39, 0.29) is 17.9 Å². The fraction of sp³-hybridized carbons (Fsp3) is 0.0833. The maximum atomic E-state index is 13.5. The highest BCUT2D eigenvalue weighted by Crippen LogP contribution is 2.19. The van der Waals surface area contributed by atoms with Crippen LogP contribution in [0.1, 0.15) is 16.2 Å². The molecule has 2 aromatic rings. The van der Waals surface area contributed by atoms with Crippen LogP contribution in [0.3, 0.4) is 0 Å². The lowest BCUT2D eigenvalue weighted by Gasteiger charge is -2.06. The molecule has 0 radical (unpaired) electrons. The van der Waals surface area contributed by atoms with Crippen molar-refractivity contribution in [3.8, 4) is 5.75 Å². The van der Waals surface area contributed by atoms with E-state index < -0.39 is 11.8 Å². The highest BCUT2D eigenvalue weighted by molar-refractivity contribution is 5.87. The first-order valence-corrected chi connectivity index (χ1v) is 5.08. The van der Waals surface area contributed by atoms with Crippen LogP contribution in [0.15, 0.2) is 36.7 Å². The Hall–Kier alpha value is -2.50. The number of ether oxygens (including phenoxy) is 1. The van der Waals surface area contributed by atoms with E-state index in [9.17, 15) is 9.18 Å². The summed E-state index contributed by atoms with van der Waals surface area (Å²) in [7, 11) is 0. The normalized spacial score (nSPS) is 10.1. The van der Waals surface area contributed by atoms with Gasteiger partial charge in [-0.05, 0) is 24.3 Å². The number of aromatic carboxylic acids is 1. The summed E-state index contributed by atoms with van der Waals surface area (Å²) in [5.74, 6) is -1.54. The van der Waals surface area contributed by atoms with Crippen molar-refractivity contribution in [2.24, 2.45) is 0 Å². The van der Waals surface area contributed by atoms with Gasteiger partial charge in [-0.25, -0.2) is 19.2 Å². The number of aromatic nitrogens is 2. The van der Waals surface area contributed by atoms with Crippen molar-refractivity contribution in [2.45, 2.75) is 6.61 Å². The predicted molar refractivity (Wildman–Crippen MR) is 59.7 cm³/mol. The van der Waals surface area contributed by atoms with Gasteiger partial charge in [0.2, 0.25) is 0 Å². The third kappa shape index (κ3) is 2.79. The smallest absolute Gasteiger partial charge is 0.335 e. The number of hydrogen-bond donors (Lipinski definition) is 1. The second kappa shape index (κ2) is 5.22. The van der Waals surface area contributed by atoms with E-state index >= 15 is 0 Å². The number of carboxylic acids is 1. The zero-order valence-electron chi connectivity index (χ0n) is 9.21. The molecule has 0 fully saturated rings.